The molecular weight excluding hydrogens is 140 g/mol. The van der Waals surface area contributed by atoms with Crippen molar-refractivity contribution in [3.8, 4) is 0 Å². The Morgan fingerprint density at radius 3 is 2.73 bits per heavy atom. The minimum absolute atomic E-state index is 0.533. The molecule has 0 aromatic carbocycles. The van der Waals surface area contributed by atoms with E-state index in [0.717, 1.165) is 24.1 Å². The van der Waals surface area contributed by atoms with Gasteiger partial charge in [0.25, 0.3) is 0 Å². The number of primary amides is 1. The summed E-state index contributed by atoms with van der Waals surface area (Å²) in [5, 5.41) is 2.47. The van der Waals surface area contributed by atoms with Gasteiger partial charge in [-0.05, 0) is 24.6 Å². The molecule has 0 spiro atoms. The van der Waals surface area contributed by atoms with E-state index in [1.807, 2.05) is 6.92 Å². The second-order valence-electron chi connectivity index (χ2n) is 2.50. The molecule has 0 unspecified atom stereocenters. The standard InChI is InChI=1S/C8H10N2O/c1-6-2-4-7(5-3-6)10-8(9)11/h2,4H2,1H3,(H3,9,10,11). The van der Waals surface area contributed by atoms with Gasteiger partial charge in [0, 0.05) is 6.42 Å². The first kappa shape index (κ1) is 7.67. The molecule has 3 N–H and O–H groups in total. The second-order valence-corrected chi connectivity index (χ2v) is 2.50. The number of carbonyl (C=O) groups is 1. The Labute approximate surface area is 65.3 Å². The van der Waals surface area contributed by atoms with Crippen LogP contribution in [0.3, 0.4) is 0 Å². The Balaban J connectivity index is 2.76. The van der Waals surface area contributed by atoms with Gasteiger partial charge in [-0.3, -0.25) is 0 Å². The summed E-state index contributed by atoms with van der Waals surface area (Å²) in [4.78, 5) is 10.4. The van der Waals surface area contributed by atoms with Crippen molar-refractivity contribution in [3.05, 3.63) is 22.7 Å². The molecule has 58 valence electrons. The van der Waals surface area contributed by atoms with Crippen LogP contribution in [-0.4, -0.2) is 6.03 Å². The highest BCUT2D eigenvalue weighted by molar-refractivity contribution is 5.73. The highest BCUT2D eigenvalue weighted by Gasteiger charge is 2.02. The van der Waals surface area contributed by atoms with Crippen LogP contribution in [0.4, 0.5) is 4.79 Å². The van der Waals surface area contributed by atoms with E-state index in [9.17, 15) is 4.79 Å². The smallest absolute Gasteiger partial charge is 0.316 e. The van der Waals surface area contributed by atoms with Crippen LogP contribution in [0.15, 0.2) is 22.7 Å². The lowest BCUT2D eigenvalue weighted by Gasteiger charge is -2.05. The topological polar surface area (TPSA) is 55.1 Å². The third-order valence-corrected chi connectivity index (χ3v) is 1.45. The van der Waals surface area contributed by atoms with Gasteiger partial charge in [-0.15, -0.1) is 0 Å². The fraction of sp³-hybridized carbons (Fsp3) is 0.375. The number of allylic oxidation sites excluding steroid dienone is 2. The van der Waals surface area contributed by atoms with E-state index in [1.54, 1.807) is 0 Å². The van der Waals surface area contributed by atoms with Crippen molar-refractivity contribution < 1.29 is 4.79 Å². The summed E-state index contributed by atoms with van der Waals surface area (Å²) in [7, 11) is 0. The highest BCUT2D eigenvalue weighted by atomic mass is 16.2. The van der Waals surface area contributed by atoms with Crippen molar-refractivity contribution >= 4 is 6.03 Å². The van der Waals surface area contributed by atoms with Crippen molar-refractivity contribution in [1.29, 1.82) is 0 Å². The third-order valence-electron chi connectivity index (χ3n) is 1.45. The molecule has 0 heterocycles. The number of rotatable bonds is 1. The van der Waals surface area contributed by atoms with Crippen LogP contribution >= 0.6 is 0 Å². The van der Waals surface area contributed by atoms with Gasteiger partial charge < -0.3 is 11.1 Å². The molecule has 0 saturated heterocycles. The molecule has 0 aliphatic heterocycles. The van der Waals surface area contributed by atoms with E-state index in [1.165, 1.54) is 0 Å². The minimum atomic E-state index is -0.533. The fourth-order valence-corrected chi connectivity index (χ4v) is 0.862. The van der Waals surface area contributed by atoms with Crippen molar-refractivity contribution in [1.82, 2.24) is 5.32 Å². The summed E-state index contributed by atoms with van der Waals surface area (Å²) < 4.78 is 0. The maximum absolute atomic E-state index is 10.4. The Morgan fingerprint density at radius 1 is 1.55 bits per heavy atom. The van der Waals surface area contributed by atoms with Gasteiger partial charge in [-0.1, -0.05) is 5.73 Å². The largest absolute Gasteiger partial charge is 0.351 e. The first-order valence-corrected chi connectivity index (χ1v) is 3.45. The summed E-state index contributed by atoms with van der Waals surface area (Å²) in [5.41, 5.74) is 12.5. The van der Waals surface area contributed by atoms with E-state index in [-0.39, 0.29) is 0 Å². The summed E-state index contributed by atoms with van der Waals surface area (Å²) >= 11 is 0. The molecule has 0 aromatic rings. The predicted octanol–water partition coefficient (Wildman–Crippen LogP) is 1.03. The van der Waals surface area contributed by atoms with Crippen molar-refractivity contribution in [2.75, 3.05) is 0 Å². The molecule has 1 aliphatic carbocycles. The molecule has 1 aliphatic rings. The van der Waals surface area contributed by atoms with Gasteiger partial charge in [0.1, 0.15) is 0 Å². The maximum Gasteiger partial charge on any atom is 0.316 e. The number of urea groups is 1. The highest BCUT2D eigenvalue weighted by Crippen LogP contribution is 2.10. The Morgan fingerprint density at radius 2 is 2.27 bits per heavy atom. The van der Waals surface area contributed by atoms with Crippen molar-refractivity contribution in [2.24, 2.45) is 5.73 Å². The molecule has 0 fully saturated rings. The third kappa shape index (κ3) is 2.34. The summed E-state index contributed by atoms with van der Waals surface area (Å²) in [6.07, 6.45) is 1.71. The molecule has 0 saturated carbocycles. The summed E-state index contributed by atoms with van der Waals surface area (Å²) in [6.45, 7) is 1.98. The van der Waals surface area contributed by atoms with Crippen LogP contribution in [0.2, 0.25) is 0 Å². The number of carbonyl (C=O) groups excluding carboxylic acids is 1. The zero-order valence-electron chi connectivity index (χ0n) is 6.40. The fourth-order valence-electron chi connectivity index (χ4n) is 0.862. The second kappa shape index (κ2) is 3.11. The molecule has 0 aromatic heterocycles. The molecule has 0 bridgehead atoms. The first-order valence-electron chi connectivity index (χ1n) is 3.45. The van der Waals surface area contributed by atoms with E-state index in [0.29, 0.717) is 0 Å². The lowest BCUT2D eigenvalue weighted by Crippen LogP contribution is -2.28. The number of nitrogens with two attached hydrogens (primary N) is 1. The zero-order valence-corrected chi connectivity index (χ0v) is 6.40. The Hall–Kier alpha value is -1.43. The Kier molecular flexibility index (Phi) is 2.17. The van der Waals surface area contributed by atoms with Crippen molar-refractivity contribution in [3.63, 3.8) is 0 Å². The van der Waals surface area contributed by atoms with Gasteiger partial charge in [-0.2, -0.15) is 0 Å². The molecule has 0 atom stereocenters. The predicted molar refractivity (Wildman–Crippen MR) is 41.7 cm³/mol. The van der Waals surface area contributed by atoms with Crippen LogP contribution < -0.4 is 11.1 Å². The van der Waals surface area contributed by atoms with E-state index in [4.69, 9.17) is 5.73 Å². The molecular formula is C8H10N2O. The quantitative estimate of drug-likeness (QED) is 0.539. The first-order chi connectivity index (χ1) is 5.18. The normalized spacial score (nSPS) is 15.4. The lowest BCUT2D eigenvalue weighted by molar-refractivity contribution is 0.251. The van der Waals surface area contributed by atoms with Crippen LogP contribution in [0.5, 0.6) is 0 Å². The number of hydrogen-bond acceptors (Lipinski definition) is 1. The average molecular weight is 150 g/mol. The molecule has 1 rings (SSSR count). The number of nitrogens with one attached hydrogen (secondary N) is 1. The SMILES string of the molecule is CC1=C=C=C(NC(N)=O)CC1. The zero-order chi connectivity index (χ0) is 8.27. The van der Waals surface area contributed by atoms with E-state index < -0.39 is 6.03 Å². The molecule has 3 nitrogen and oxygen atoms in total. The van der Waals surface area contributed by atoms with Gasteiger partial charge in [0.15, 0.2) is 0 Å². The van der Waals surface area contributed by atoms with Gasteiger partial charge in [0.05, 0.1) is 5.70 Å². The van der Waals surface area contributed by atoms with Gasteiger partial charge in [-0.25, -0.2) is 4.79 Å². The summed E-state index contributed by atoms with van der Waals surface area (Å²) in [5.74, 6) is 0. The molecule has 11 heavy (non-hydrogen) atoms. The average Bonchev–Trinajstić information content (AvgIpc) is 1.93. The van der Waals surface area contributed by atoms with Gasteiger partial charge >= 0.3 is 6.03 Å². The Bertz CT molecular complexity index is 278. The van der Waals surface area contributed by atoms with Crippen LogP contribution in [0, 0.1) is 0 Å². The van der Waals surface area contributed by atoms with Crippen LogP contribution in [0.25, 0.3) is 0 Å². The van der Waals surface area contributed by atoms with Crippen molar-refractivity contribution in [2.45, 2.75) is 19.8 Å². The summed E-state index contributed by atoms with van der Waals surface area (Å²) in [6, 6.07) is -0.533. The van der Waals surface area contributed by atoms with E-state index >= 15 is 0 Å². The maximum atomic E-state index is 10.4. The van der Waals surface area contributed by atoms with Crippen LogP contribution in [0.1, 0.15) is 19.8 Å². The number of amides is 2. The van der Waals surface area contributed by atoms with E-state index in [2.05, 4.69) is 16.8 Å². The number of hydrogen-bond donors (Lipinski definition) is 2. The molecule has 2 amide bonds. The molecule has 0 radical (unpaired) electrons. The minimum Gasteiger partial charge on any atom is -0.351 e. The van der Waals surface area contributed by atoms with Crippen LogP contribution in [-0.2, 0) is 0 Å². The lowest BCUT2D eigenvalue weighted by atomic mass is 10.1. The molecule has 3 heteroatoms. The van der Waals surface area contributed by atoms with Gasteiger partial charge in [0.2, 0.25) is 0 Å². The monoisotopic (exact) mass is 150 g/mol.